The van der Waals surface area contributed by atoms with Crippen molar-refractivity contribution >= 4 is 11.7 Å². The van der Waals surface area contributed by atoms with Gasteiger partial charge in [-0.15, -0.1) is 0 Å². The van der Waals surface area contributed by atoms with Crippen molar-refractivity contribution in [3.05, 3.63) is 12.3 Å². The smallest absolute Gasteiger partial charge is 0.239 e. The molecule has 5 nitrogen and oxygen atoms in total. The first-order valence-electron chi connectivity index (χ1n) is 5.19. The van der Waals surface area contributed by atoms with Crippen LogP contribution in [0.15, 0.2) is 12.3 Å². The molecule has 0 bridgehead atoms. The third-order valence-electron chi connectivity index (χ3n) is 1.96. The number of rotatable bonds is 5. The van der Waals surface area contributed by atoms with Crippen LogP contribution < -0.4 is 10.6 Å². The Kier molecular flexibility index (Phi) is 4.30. The molecule has 0 saturated heterocycles. The zero-order valence-corrected chi connectivity index (χ0v) is 9.45. The van der Waals surface area contributed by atoms with Crippen molar-refractivity contribution in [2.75, 3.05) is 18.4 Å². The lowest BCUT2D eigenvalue weighted by atomic mass is 10.4. The Balaban J connectivity index is 2.56. The van der Waals surface area contributed by atoms with Gasteiger partial charge in [0.15, 0.2) is 0 Å². The number of nitrogens with zero attached hydrogens (tertiary/aromatic N) is 2. The lowest BCUT2D eigenvalue weighted by molar-refractivity contribution is -0.115. The van der Waals surface area contributed by atoms with Crippen LogP contribution in [0.4, 0.5) is 5.82 Å². The zero-order valence-electron chi connectivity index (χ0n) is 9.45. The lowest BCUT2D eigenvalue weighted by Gasteiger charge is -2.11. The Labute approximate surface area is 89.9 Å². The molecule has 0 aliphatic rings. The van der Waals surface area contributed by atoms with Gasteiger partial charge in [-0.2, -0.15) is 5.10 Å². The summed E-state index contributed by atoms with van der Waals surface area (Å²) in [5, 5.41) is 9.90. The van der Waals surface area contributed by atoms with E-state index in [4.69, 9.17) is 0 Å². The van der Waals surface area contributed by atoms with Gasteiger partial charge in [0.05, 0.1) is 12.7 Å². The van der Waals surface area contributed by atoms with E-state index in [1.54, 1.807) is 16.9 Å². The second kappa shape index (κ2) is 5.50. The molecule has 0 radical (unpaired) electrons. The van der Waals surface area contributed by atoms with Crippen molar-refractivity contribution in [1.82, 2.24) is 15.1 Å². The second-order valence-corrected chi connectivity index (χ2v) is 3.58. The number of nitrogens with one attached hydrogen (secondary N) is 2. The molecule has 0 saturated carbocycles. The summed E-state index contributed by atoms with van der Waals surface area (Å²) in [6, 6.07) is 2.04. The van der Waals surface area contributed by atoms with Gasteiger partial charge in [-0.05, 0) is 20.4 Å². The fraction of sp³-hybridized carbons (Fsp3) is 0.600. The van der Waals surface area contributed by atoms with Crippen LogP contribution in [0.3, 0.4) is 0 Å². The molecule has 5 heteroatoms. The topological polar surface area (TPSA) is 59.0 Å². The highest BCUT2D eigenvalue weighted by atomic mass is 16.2. The Bertz CT molecular complexity index is 319. The highest BCUT2D eigenvalue weighted by Gasteiger charge is 2.08. The highest BCUT2D eigenvalue weighted by molar-refractivity contribution is 5.91. The predicted molar refractivity (Wildman–Crippen MR) is 59.8 cm³/mol. The van der Waals surface area contributed by atoms with Gasteiger partial charge >= 0.3 is 0 Å². The quantitative estimate of drug-likeness (QED) is 0.762. The third-order valence-corrected chi connectivity index (χ3v) is 1.96. The van der Waals surface area contributed by atoms with Crippen LogP contribution in [0.25, 0.3) is 0 Å². The summed E-state index contributed by atoms with van der Waals surface area (Å²) in [6.07, 6.45) is 1.68. The Morgan fingerprint density at radius 1 is 1.60 bits per heavy atom. The van der Waals surface area contributed by atoms with E-state index in [0.29, 0.717) is 6.54 Å². The molecule has 0 aliphatic carbocycles. The van der Waals surface area contributed by atoms with Crippen LogP contribution >= 0.6 is 0 Å². The molecule has 0 atom stereocenters. The number of hydrogen-bond donors (Lipinski definition) is 2. The van der Waals surface area contributed by atoms with Gasteiger partial charge < -0.3 is 10.6 Å². The fourth-order valence-electron chi connectivity index (χ4n) is 1.25. The minimum absolute atomic E-state index is 0.0424. The molecule has 1 rings (SSSR count). The average Bonchev–Trinajstić information content (AvgIpc) is 2.62. The van der Waals surface area contributed by atoms with E-state index in [9.17, 15) is 4.79 Å². The lowest BCUT2D eigenvalue weighted by Crippen LogP contribution is -2.28. The molecular formula is C10H18N4O. The maximum Gasteiger partial charge on any atom is 0.239 e. The second-order valence-electron chi connectivity index (χ2n) is 3.58. The molecule has 1 amide bonds. The number of likely N-dealkylation sites (N-methyl/N-ethyl adjacent to an activating group) is 1. The molecule has 84 valence electrons. The Morgan fingerprint density at radius 3 is 2.93 bits per heavy atom. The van der Waals surface area contributed by atoms with Crippen LogP contribution in [0.5, 0.6) is 0 Å². The summed E-state index contributed by atoms with van der Waals surface area (Å²) in [5.41, 5.74) is 0. The Hall–Kier alpha value is -1.36. The van der Waals surface area contributed by atoms with Gasteiger partial charge in [-0.25, -0.2) is 4.68 Å². The first-order chi connectivity index (χ1) is 7.15. The van der Waals surface area contributed by atoms with Crippen molar-refractivity contribution in [3.8, 4) is 0 Å². The summed E-state index contributed by atoms with van der Waals surface area (Å²) in [5.74, 6) is 0.701. The van der Waals surface area contributed by atoms with Crippen LogP contribution in [-0.2, 0) is 4.79 Å². The highest BCUT2D eigenvalue weighted by Crippen LogP contribution is 2.12. The fourth-order valence-corrected chi connectivity index (χ4v) is 1.25. The predicted octanol–water partition coefficient (Wildman–Crippen LogP) is 1.01. The molecule has 0 unspecified atom stereocenters. The van der Waals surface area contributed by atoms with E-state index in [2.05, 4.69) is 15.7 Å². The number of aromatic nitrogens is 2. The molecule has 1 aromatic heterocycles. The number of amides is 1. The van der Waals surface area contributed by atoms with Crippen LogP contribution in [0.2, 0.25) is 0 Å². The molecule has 0 aromatic carbocycles. The summed E-state index contributed by atoms with van der Waals surface area (Å²) >= 11 is 0. The van der Waals surface area contributed by atoms with E-state index >= 15 is 0 Å². The third kappa shape index (κ3) is 3.36. The largest absolute Gasteiger partial charge is 0.310 e. The SMILES string of the molecule is CCNCC(=O)Nc1ccnn1C(C)C. The van der Waals surface area contributed by atoms with Gasteiger partial charge in [0.2, 0.25) is 5.91 Å². The molecule has 0 aliphatic heterocycles. The number of hydrogen-bond acceptors (Lipinski definition) is 3. The van der Waals surface area contributed by atoms with Gasteiger partial charge in [0, 0.05) is 12.1 Å². The van der Waals surface area contributed by atoms with E-state index in [0.717, 1.165) is 12.4 Å². The summed E-state index contributed by atoms with van der Waals surface area (Å²) in [7, 11) is 0. The number of carbonyl (C=O) groups is 1. The minimum atomic E-state index is -0.0424. The molecule has 15 heavy (non-hydrogen) atoms. The average molecular weight is 210 g/mol. The molecule has 0 spiro atoms. The van der Waals surface area contributed by atoms with Gasteiger partial charge in [0.25, 0.3) is 0 Å². The number of anilines is 1. The molecular weight excluding hydrogens is 192 g/mol. The zero-order chi connectivity index (χ0) is 11.3. The maximum atomic E-state index is 11.4. The summed E-state index contributed by atoms with van der Waals surface area (Å²) in [6.45, 7) is 7.13. The van der Waals surface area contributed by atoms with Gasteiger partial charge in [-0.1, -0.05) is 6.92 Å². The standard InChI is InChI=1S/C10H18N4O/c1-4-11-7-10(15)13-9-5-6-12-14(9)8(2)3/h5-6,8,11H,4,7H2,1-3H3,(H,13,15). The molecule has 2 N–H and O–H groups in total. The van der Waals surface area contributed by atoms with Crippen LogP contribution in [0.1, 0.15) is 26.8 Å². The van der Waals surface area contributed by atoms with Crippen molar-refractivity contribution in [3.63, 3.8) is 0 Å². The molecule has 1 heterocycles. The number of carbonyl (C=O) groups excluding carboxylic acids is 1. The van der Waals surface area contributed by atoms with Crippen molar-refractivity contribution in [2.45, 2.75) is 26.8 Å². The van der Waals surface area contributed by atoms with Crippen LogP contribution in [-0.4, -0.2) is 28.8 Å². The minimum Gasteiger partial charge on any atom is -0.310 e. The summed E-state index contributed by atoms with van der Waals surface area (Å²) in [4.78, 5) is 11.4. The monoisotopic (exact) mass is 210 g/mol. The summed E-state index contributed by atoms with van der Waals surface area (Å²) < 4.78 is 1.78. The van der Waals surface area contributed by atoms with Crippen molar-refractivity contribution in [1.29, 1.82) is 0 Å². The van der Waals surface area contributed by atoms with Crippen LogP contribution in [0, 0.1) is 0 Å². The van der Waals surface area contributed by atoms with Crippen molar-refractivity contribution < 1.29 is 4.79 Å². The van der Waals surface area contributed by atoms with E-state index in [1.807, 2.05) is 20.8 Å². The normalized spacial score (nSPS) is 10.7. The van der Waals surface area contributed by atoms with Gasteiger partial charge in [0.1, 0.15) is 5.82 Å². The van der Waals surface area contributed by atoms with E-state index < -0.39 is 0 Å². The van der Waals surface area contributed by atoms with E-state index in [-0.39, 0.29) is 11.9 Å². The first-order valence-corrected chi connectivity index (χ1v) is 5.19. The molecule has 0 fully saturated rings. The van der Waals surface area contributed by atoms with Gasteiger partial charge in [-0.3, -0.25) is 4.79 Å². The first kappa shape index (κ1) is 11.7. The Morgan fingerprint density at radius 2 is 2.33 bits per heavy atom. The van der Waals surface area contributed by atoms with E-state index in [1.165, 1.54) is 0 Å². The molecule has 1 aromatic rings. The van der Waals surface area contributed by atoms with Crippen molar-refractivity contribution in [2.24, 2.45) is 0 Å². The maximum absolute atomic E-state index is 11.4.